The maximum absolute atomic E-state index is 6.98. The maximum Gasteiger partial charge on any atom is 0.160 e. The molecule has 60 heavy (non-hydrogen) atoms. The second-order valence-electron chi connectivity index (χ2n) is 14.6. The Balaban J connectivity index is 0.00000104. The second-order valence-corrected chi connectivity index (χ2v) is 14.6. The zero-order valence-corrected chi connectivity index (χ0v) is 33.2. The van der Waals surface area contributed by atoms with Crippen molar-refractivity contribution in [1.29, 1.82) is 0 Å². The van der Waals surface area contributed by atoms with Crippen LogP contribution in [0.2, 0.25) is 0 Å². The molecule has 0 aliphatic carbocycles. The quantitative estimate of drug-likeness (QED) is 0.152. The van der Waals surface area contributed by atoms with Gasteiger partial charge in [0.25, 0.3) is 0 Å². The largest absolute Gasteiger partial charge is 0.454 e. The summed E-state index contributed by atoms with van der Waals surface area (Å²) in [6.45, 7) is 13.0. The minimum atomic E-state index is 0.671. The van der Waals surface area contributed by atoms with Gasteiger partial charge in [0.1, 0.15) is 5.76 Å². The standard InChI is InChI=1S/C51H34N4O.C4H6/c1-3-18-39-43(4-2)56-50-45(39)44-37-26-12-15-29-41(37)54(34-22-9-6-10-23-34)48(44)46-38-27-13-16-30-42(38)55(49(46)50)35-24-17-21-33(31-35)51-52-40-28-14-11-25-36(40)47(53-51)32-19-7-5-8-20-32;1-3-4-2/h3-31H,2H2,1H3;3-4H,1-2H2/b18-3-;. The number of allylic oxidation sites excluding steroid dienone is 3. The van der Waals surface area contributed by atoms with Gasteiger partial charge in [-0.2, -0.15) is 0 Å². The number of rotatable bonds is 7. The average Bonchev–Trinajstić information content (AvgIpc) is 3.97. The van der Waals surface area contributed by atoms with Crippen molar-refractivity contribution < 1.29 is 4.42 Å². The minimum Gasteiger partial charge on any atom is -0.454 e. The first-order chi connectivity index (χ1) is 29.6. The third kappa shape index (κ3) is 5.70. The summed E-state index contributed by atoms with van der Waals surface area (Å²) in [6.07, 6.45) is 9.34. The molecule has 11 rings (SSSR count). The van der Waals surface area contributed by atoms with Gasteiger partial charge in [-0.25, -0.2) is 9.97 Å². The summed E-state index contributed by atoms with van der Waals surface area (Å²) in [4.78, 5) is 10.4. The van der Waals surface area contributed by atoms with Gasteiger partial charge in [-0.3, -0.25) is 0 Å². The van der Waals surface area contributed by atoms with Gasteiger partial charge in [0.05, 0.1) is 33.3 Å². The molecule has 0 saturated heterocycles. The van der Waals surface area contributed by atoms with Gasteiger partial charge in [-0.05, 0) is 55.5 Å². The first-order valence-electron chi connectivity index (χ1n) is 20.1. The summed E-state index contributed by atoms with van der Waals surface area (Å²) in [5.74, 6) is 1.41. The van der Waals surface area contributed by atoms with Gasteiger partial charge in [-0.1, -0.05) is 159 Å². The van der Waals surface area contributed by atoms with Crippen molar-refractivity contribution in [2.24, 2.45) is 0 Å². The first-order valence-corrected chi connectivity index (χ1v) is 20.1. The van der Waals surface area contributed by atoms with Crippen molar-refractivity contribution in [3.05, 3.63) is 207 Å². The van der Waals surface area contributed by atoms with Crippen LogP contribution in [0.1, 0.15) is 18.2 Å². The zero-order valence-electron chi connectivity index (χ0n) is 33.2. The zero-order chi connectivity index (χ0) is 40.7. The van der Waals surface area contributed by atoms with Gasteiger partial charge < -0.3 is 13.6 Å². The molecule has 7 aromatic carbocycles. The predicted octanol–water partition coefficient (Wildman–Crippen LogP) is 14.9. The van der Waals surface area contributed by atoms with Gasteiger partial charge in [0, 0.05) is 60.4 Å². The van der Waals surface area contributed by atoms with Crippen molar-refractivity contribution in [3.8, 4) is 34.0 Å². The van der Waals surface area contributed by atoms with Gasteiger partial charge in [0.2, 0.25) is 0 Å². The minimum absolute atomic E-state index is 0.671. The molecule has 5 heteroatoms. The molecule has 0 radical (unpaired) electrons. The number of para-hydroxylation sites is 4. The Hall–Kier alpha value is -8.02. The summed E-state index contributed by atoms with van der Waals surface area (Å²) in [5.41, 5.74) is 12.1. The van der Waals surface area contributed by atoms with Crippen LogP contribution in [-0.2, 0) is 0 Å². The van der Waals surface area contributed by atoms with E-state index in [4.69, 9.17) is 14.4 Å². The Bertz CT molecular complexity index is 3480. The molecule has 0 N–H and O–H groups in total. The normalized spacial score (nSPS) is 11.6. The molecule has 286 valence electrons. The number of nitrogens with zero attached hydrogens (tertiary/aromatic N) is 4. The Morgan fingerprint density at radius 2 is 1.12 bits per heavy atom. The number of benzene rings is 7. The Morgan fingerprint density at radius 3 is 1.80 bits per heavy atom. The van der Waals surface area contributed by atoms with Crippen LogP contribution in [0.5, 0.6) is 0 Å². The number of hydrogen-bond donors (Lipinski definition) is 0. The molecular weight excluding hydrogens is 733 g/mol. The molecule has 0 amide bonds. The van der Waals surface area contributed by atoms with Crippen LogP contribution in [0, 0.1) is 0 Å². The fraction of sp³-hybridized carbons (Fsp3) is 0.0182. The molecule has 0 aliphatic heterocycles. The Morgan fingerprint density at radius 1 is 0.533 bits per heavy atom. The highest BCUT2D eigenvalue weighted by molar-refractivity contribution is 6.37. The Labute approximate surface area is 347 Å². The number of hydrogen-bond acceptors (Lipinski definition) is 3. The summed E-state index contributed by atoms with van der Waals surface area (Å²) >= 11 is 0. The number of fused-ring (bicyclic) bond motifs is 11. The molecule has 0 unspecified atom stereocenters. The van der Waals surface area contributed by atoms with E-state index in [1.54, 1.807) is 12.2 Å². The summed E-state index contributed by atoms with van der Waals surface area (Å²) in [7, 11) is 0. The van der Waals surface area contributed by atoms with Crippen LogP contribution < -0.4 is 0 Å². The van der Waals surface area contributed by atoms with Gasteiger partial charge in [-0.15, -0.1) is 0 Å². The third-order valence-corrected chi connectivity index (χ3v) is 11.1. The Kier molecular flexibility index (Phi) is 9.11. The lowest BCUT2D eigenvalue weighted by Crippen LogP contribution is -1.98. The van der Waals surface area contributed by atoms with E-state index in [0.717, 1.165) is 99.6 Å². The van der Waals surface area contributed by atoms with Crippen LogP contribution in [0.25, 0.3) is 112 Å². The van der Waals surface area contributed by atoms with E-state index in [-0.39, 0.29) is 0 Å². The average molecular weight is 773 g/mol. The van der Waals surface area contributed by atoms with Crippen LogP contribution in [0.15, 0.2) is 200 Å². The smallest absolute Gasteiger partial charge is 0.160 e. The molecule has 4 heterocycles. The maximum atomic E-state index is 6.98. The highest BCUT2D eigenvalue weighted by Gasteiger charge is 2.28. The van der Waals surface area contributed by atoms with Crippen molar-refractivity contribution >= 4 is 77.6 Å². The van der Waals surface area contributed by atoms with Gasteiger partial charge >= 0.3 is 0 Å². The number of aromatic nitrogens is 4. The summed E-state index contributed by atoms with van der Waals surface area (Å²) in [5, 5.41) is 6.68. The van der Waals surface area contributed by atoms with E-state index in [1.807, 2.05) is 24.3 Å². The fourth-order valence-corrected chi connectivity index (χ4v) is 8.70. The van der Waals surface area contributed by atoms with E-state index in [2.05, 4.69) is 187 Å². The molecule has 0 aliphatic rings. The lowest BCUT2D eigenvalue weighted by Gasteiger charge is -2.13. The van der Waals surface area contributed by atoms with E-state index >= 15 is 0 Å². The SMILES string of the molecule is C=CC=C.C=Cc1oc2c(c1/C=C\C)c1c3ccccc3n(-c3ccccc3)c1c1c3ccccc3n(-c3cccc(-c4nc(-c5ccccc5)c5ccccc5n4)c3)c21. The summed E-state index contributed by atoms with van der Waals surface area (Å²) < 4.78 is 11.8. The number of furan rings is 1. The lowest BCUT2D eigenvalue weighted by atomic mass is 10.00. The molecule has 0 saturated carbocycles. The third-order valence-electron chi connectivity index (χ3n) is 11.1. The highest BCUT2D eigenvalue weighted by Crippen LogP contribution is 2.49. The van der Waals surface area contributed by atoms with Crippen molar-refractivity contribution in [2.45, 2.75) is 6.92 Å². The molecule has 0 bridgehead atoms. The van der Waals surface area contributed by atoms with Crippen LogP contribution >= 0.6 is 0 Å². The van der Waals surface area contributed by atoms with E-state index in [0.29, 0.717) is 5.82 Å². The predicted molar refractivity (Wildman–Crippen MR) is 254 cm³/mol. The molecule has 0 spiro atoms. The van der Waals surface area contributed by atoms with E-state index in [1.165, 1.54) is 5.39 Å². The fourth-order valence-electron chi connectivity index (χ4n) is 8.70. The lowest BCUT2D eigenvalue weighted by molar-refractivity contribution is 0.605. The molecule has 11 aromatic rings. The van der Waals surface area contributed by atoms with Crippen molar-refractivity contribution in [2.75, 3.05) is 0 Å². The van der Waals surface area contributed by atoms with Gasteiger partial charge in [0.15, 0.2) is 11.4 Å². The monoisotopic (exact) mass is 772 g/mol. The molecular formula is C55H40N4O. The van der Waals surface area contributed by atoms with E-state index in [9.17, 15) is 0 Å². The summed E-state index contributed by atoms with van der Waals surface area (Å²) in [6, 6.07) is 55.2. The van der Waals surface area contributed by atoms with Crippen molar-refractivity contribution in [1.82, 2.24) is 19.1 Å². The topological polar surface area (TPSA) is 48.8 Å². The molecule has 5 nitrogen and oxygen atoms in total. The van der Waals surface area contributed by atoms with Crippen LogP contribution in [0.3, 0.4) is 0 Å². The van der Waals surface area contributed by atoms with Crippen LogP contribution in [0.4, 0.5) is 0 Å². The van der Waals surface area contributed by atoms with Crippen molar-refractivity contribution in [3.63, 3.8) is 0 Å². The molecule has 4 aromatic heterocycles. The van der Waals surface area contributed by atoms with E-state index < -0.39 is 0 Å². The molecule has 0 atom stereocenters. The first kappa shape index (κ1) is 36.3. The van der Waals surface area contributed by atoms with Crippen LogP contribution in [-0.4, -0.2) is 19.1 Å². The second kappa shape index (κ2) is 15.1. The highest BCUT2D eigenvalue weighted by atomic mass is 16.3. The molecule has 0 fully saturated rings.